The first-order valence-electron chi connectivity index (χ1n) is 4.69. The van der Waals surface area contributed by atoms with Gasteiger partial charge >= 0.3 is 0 Å². The number of hydrogen-bond acceptors (Lipinski definition) is 2. The molecule has 1 atom stereocenters. The second kappa shape index (κ2) is 4.11. The lowest BCUT2D eigenvalue weighted by atomic mass is 10.2. The standard InChI is InChI=1S/C10H14BrNS/c1-8-2-3-12(5-8)6-10-4-9(11)7-13-10/h4,7-8H,2-3,5-6H2,1H3. The van der Waals surface area contributed by atoms with Crippen LogP contribution < -0.4 is 0 Å². The molecule has 1 aromatic heterocycles. The van der Waals surface area contributed by atoms with Gasteiger partial charge in [0.25, 0.3) is 0 Å². The maximum Gasteiger partial charge on any atom is 0.0328 e. The summed E-state index contributed by atoms with van der Waals surface area (Å²) in [4.78, 5) is 4.02. The van der Waals surface area contributed by atoms with Crippen molar-refractivity contribution in [3.63, 3.8) is 0 Å². The van der Waals surface area contributed by atoms with Crippen LogP contribution in [0.15, 0.2) is 15.9 Å². The number of hydrogen-bond donors (Lipinski definition) is 0. The molecule has 13 heavy (non-hydrogen) atoms. The molecule has 0 bridgehead atoms. The molecule has 1 aromatic rings. The van der Waals surface area contributed by atoms with Crippen molar-refractivity contribution >= 4 is 27.3 Å². The van der Waals surface area contributed by atoms with Crippen LogP contribution in [0.4, 0.5) is 0 Å². The van der Waals surface area contributed by atoms with Gasteiger partial charge < -0.3 is 0 Å². The molecule has 72 valence electrons. The predicted octanol–water partition coefficient (Wildman–Crippen LogP) is 3.35. The van der Waals surface area contributed by atoms with Crippen LogP contribution in [0.5, 0.6) is 0 Å². The summed E-state index contributed by atoms with van der Waals surface area (Å²) in [7, 11) is 0. The highest BCUT2D eigenvalue weighted by Gasteiger charge is 2.18. The summed E-state index contributed by atoms with van der Waals surface area (Å²) in [6.45, 7) is 6.02. The van der Waals surface area contributed by atoms with E-state index in [2.05, 4.69) is 39.2 Å². The SMILES string of the molecule is CC1CCN(Cc2cc(Br)cs2)C1. The van der Waals surface area contributed by atoms with Crippen molar-refractivity contribution in [2.45, 2.75) is 19.9 Å². The number of rotatable bonds is 2. The maximum atomic E-state index is 3.49. The van der Waals surface area contributed by atoms with E-state index in [1.165, 1.54) is 28.9 Å². The number of nitrogens with zero attached hydrogens (tertiary/aromatic N) is 1. The fourth-order valence-electron chi connectivity index (χ4n) is 1.83. The van der Waals surface area contributed by atoms with Crippen molar-refractivity contribution in [3.05, 3.63) is 20.8 Å². The lowest BCUT2D eigenvalue weighted by Gasteiger charge is -2.13. The Morgan fingerprint density at radius 2 is 2.54 bits per heavy atom. The highest BCUT2D eigenvalue weighted by atomic mass is 79.9. The van der Waals surface area contributed by atoms with E-state index in [-0.39, 0.29) is 0 Å². The zero-order valence-corrected chi connectivity index (χ0v) is 10.2. The summed E-state index contributed by atoms with van der Waals surface area (Å²) >= 11 is 5.33. The van der Waals surface area contributed by atoms with Crippen LogP contribution in [-0.2, 0) is 6.54 Å². The van der Waals surface area contributed by atoms with Crippen LogP contribution in [0.1, 0.15) is 18.2 Å². The third kappa shape index (κ3) is 2.55. The van der Waals surface area contributed by atoms with Gasteiger partial charge in [-0.1, -0.05) is 6.92 Å². The van der Waals surface area contributed by atoms with Crippen molar-refractivity contribution in [1.82, 2.24) is 4.90 Å². The van der Waals surface area contributed by atoms with Crippen LogP contribution in [-0.4, -0.2) is 18.0 Å². The van der Waals surface area contributed by atoms with Crippen LogP contribution in [0.3, 0.4) is 0 Å². The molecular formula is C10H14BrNS. The summed E-state index contributed by atoms with van der Waals surface area (Å²) < 4.78 is 1.22. The van der Waals surface area contributed by atoms with Gasteiger partial charge in [-0.05, 0) is 40.9 Å². The minimum atomic E-state index is 0.892. The third-order valence-electron chi connectivity index (χ3n) is 2.51. The molecule has 0 N–H and O–H groups in total. The van der Waals surface area contributed by atoms with E-state index in [0.29, 0.717) is 0 Å². The van der Waals surface area contributed by atoms with Crippen molar-refractivity contribution < 1.29 is 0 Å². The lowest BCUT2D eigenvalue weighted by molar-refractivity contribution is 0.323. The maximum absolute atomic E-state index is 3.49. The molecule has 1 aliphatic heterocycles. The smallest absolute Gasteiger partial charge is 0.0328 e. The summed E-state index contributed by atoms with van der Waals surface area (Å²) in [5.41, 5.74) is 0. The lowest BCUT2D eigenvalue weighted by Crippen LogP contribution is -2.18. The van der Waals surface area contributed by atoms with E-state index in [9.17, 15) is 0 Å². The molecule has 1 fully saturated rings. The first-order valence-corrected chi connectivity index (χ1v) is 6.36. The predicted molar refractivity (Wildman–Crippen MR) is 61.1 cm³/mol. The highest BCUT2D eigenvalue weighted by molar-refractivity contribution is 9.10. The molecule has 0 spiro atoms. The van der Waals surface area contributed by atoms with Crippen molar-refractivity contribution in [1.29, 1.82) is 0 Å². The topological polar surface area (TPSA) is 3.24 Å². The van der Waals surface area contributed by atoms with E-state index >= 15 is 0 Å². The fourth-order valence-corrected chi connectivity index (χ4v) is 3.32. The minimum Gasteiger partial charge on any atom is -0.298 e. The Hall–Kier alpha value is 0.140. The molecule has 1 unspecified atom stereocenters. The Balaban J connectivity index is 1.91. The Morgan fingerprint density at radius 3 is 3.08 bits per heavy atom. The van der Waals surface area contributed by atoms with Crippen LogP contribution >= 0.6 is 27.3 Å². The monoisotopic (exact) mass is 259 g/mol. The average molecular weight is 260 g/mol. The zero-order valence-electron chi connectivity index (χ0n) is 7.79. The fraction of sp³-hybridized carbons (Fsp3) is 0.600. The van der Waals surface area contributed by atoms with E-state index in [1.807, 2.05) is 11.3 Å². The van der Waals surface area contributed by atoms with Gasteiger partial charge in [-0.25, -0.2) is 0 Å². The van der Waals surface area contributed by atoms with Crippen LogP contribution in [0, 0.1) is 5.92 Å². The Bertz CT molecular complexity index is 284. The molecule has 2 rings (SSSR count). The van der Waals surface area contributed by atoms with Gasteiger partial charge in [0.15, 0.2) is 0 Å². The van der Waals surface area contributed by atoms with E-state index in [0.717, 1.165) is 12.5 Å². The first kappa shape index (κ1) is 9.69. The summed E-state index contributed by atoms with van der Waals surface area (Å²) in [5.74, 6) is 0.892. The normalized spacial score (nSPS) is 24.0. The van der Waals surface area contributed by atoms with E-state index in [1.54, 1.807) is 0 Å². The van der Waals surface area contributed by atoms with Gasteiger partial charge in [-0.2, -0.15) is 0 Å². The van der Waals surface area contributed by atoms with E-state index in [4.69, 9.17) is 0 Å². The van der Waals surface area contributed by atoms with Gasteiger partial charge in [0.2, 0.25) is 0 Å². The molecule has 0 radical (unpaired) electrons. The molecule has 0 saturated carbocycles. The van der Waals surface area contributed by atoms with Crippen LogP contribution in [0.2, 0.25) is 0 Å². The largest absolute Gasteiger partial charge is 0.298 e. The molecule has 1 nitrogen and oxygen atoms in total. The van der Waals surface area contributed by atoms with Crippen molar-refractivity contribution in [3.8, 4) is 0 Å². The van der Waals surface area contributed by atoms with Crippen molar-refractivity contribution in [2.24, 2.45) is 5.92 Å². The molecule has 0 aromatic carbocycles. The zero-order chi connectivity index (χ0) is 9.26. The minimum absolute atomic E-state index is 0.892. The van der Waals surface area contributed by atoms with Gasteiger partial charge in [0.05, 0.1) is 0 Å². The molecule has 0 aliphatic carbocycles. The Kier molecular flexibility index (Phi) is 3.06. The molecule has 3 heteroatoms. The van der Waals surface area contributed by atoms with Crippen LogP contribution in [0.25, 0.3) is 0 Å². The summed E-state index contributed by atoms with van der Waals surface area (Å²) in [5, 5.41) is 2.16. The Morgan fingerprint density at radius 1 is 1.69 bits per heavy atom. The van der Waals surface area contributed by atoms with E-state index < -0.39 is 0 Å². The second-order valence-electron chi connectivity index (χ2n) is 3.86. The third-order valence-corrected chi connectivity index (χ3v) is 4.19. The Labute approximate surface area is 91.9 Å². The molecule has 1 saturated heterocycles. The van der Waals surface area contributed by atoms with Gasteiger partial charge in [-0.15, -0.1) is 11.3 Å². The van der Waals surface area contributed by atoms with Gasteiger partial charge in [0, 0.05) is 27.8 Å². The molecule has 0 amide bonds. The van der Waals surface area contributed by atoms with Gasteiger partial charge in [0.1, 0.15) is 0 Å². The average Bonchev–Trinajstić information content (AvgIpc) is 2.62. The summed E-state index contributed by atoms with van der Waals surface area (Å²) in [6, 6.07) is 2.23. The number of halogens is 1. The number of likely N-dealkylation sites (tertiary alicyclic amines) is 1. The second-order valence-corrected chi connectivity index (χ2v) is 5.77. The van der Waals surface area contributed by atoms with Crippen molar-refractivity contribution in [2.75, 3.05) is 13.1 Å². The molecular weight excluding hydrogens is 246 g/mol. The first-order chi connectivity index (χ1) is 6.24. The quantitative estimate of drug-likeness (QED) is 0.788. The number of thiophene rings is 1. The summed E-state index contributed by atoms with van der Waals surface area (Å²) in [6.07, 6.45) is 1.37. The molecule has 1 aliphatic rings. The van der Waals surface area contributed by atoms with Gasteiger partial charge in [-0.3, -0.25) is 4.90 Å². The molecule has 2 heterocycles. The highest BCUT2D eigenvalue weighted by Crippen LogP contribution is 2.24.